The van der Waals surface area contributed by atoms with Gasteiger partial charge >= 0.3 is 6.03 Å². The maximum absolute atomic E-state index is 12.1. The molecule has 1 heterocycles. The Labute approximate surface area is 148 Å². The van der Waals surface area contributed by atoms with E-state index < -0.39 is 17.5 Å². The molecule has 2 amide bonds. The van der Waals surface area contributed by atoms with E-state index in [4.69, 9.17) is 5.26 Å². The third kappa shape index (κ3) is 3.16. The van der Waals surface area contributed by atoms with Crippen LogP contribution in [0.25, 0.3) is 10.8 Å². The average molecular weight is 346 g/mol. The summed E-state index contributed by atoms with van der Waals surface area (Å²) in [6.07, 6.45) is 1.11. The van der Waals surface area contributed by atoms with Crippen molar-refractivity contribution in [1.82, 2.24) is 4.98 Å². The minimum atomic E-state index is -0.695. The zero-order valence-corrected chi connectivity index (χ0v) is 13.8. The van der Waals surface area contributed by atoms with Gasteiger partial charge in [-0.2, -0.15) is 5.26 Å². The maximum atomic E-state index is 12.1. The van der Waals surface area contributed by atoms with Crippen molar-refractivity contribution < 1.29 is 9.90 Å². The molecule has 26 heavy (non-hydrogen) atoms. The number of aromatic amines is 1. The van der Waals surface area contributed by atoms with Gasteiger partial charge in [0.25, 0.3) is 5.56 Å². The number of anilines is 1. The van der Waals surface area contributed by atoms with Crippen LogP contribution in [0.3, 0.4) is 0 Å². The summed E-state index contributed by atoms with van der Waals surface area (Å²) < 4.78 is 0. The normalized spacial score (nSPS) is 10.8. The summed E-state index contributed by atoms with van der Waals surface area (Å²) in [5.74, 6) is -0.451. The molecule has 2 aromatic carbocycles. The van der Waals surface area contributed by atoms with Crippen LogP contribution in [0.1, 0.15) is 16.7 Å². The summed E-state index contributed by atoms with van der Waals surface area (Å²) in [5, 5.41) is 23.4. The highest BCUT2D eigenvalue weighted by Gasteiger charge is 2.13. The summed E-state index contributed by atoms with van der Waals surface area (Å²) in [6, 6.07) is 14.2. The molecule has 1 aromatic heterocycles. The van der Waals surface area contributed by atoms with Crippen molar-refractivity contribution in [3.63, 3.8) is 0 Å². The second-order valence-corrected chi connectivity index (χ2v) is 5.54. The quantitative estimate of drug-likeness (QED) is 0.618. The Balaban J connectivity index is 1.89. The zero-order valence-electron chi connectivity index (χ0n) is 13.8. The van der Waals surface area contributed by atoms with Gasteiger partial charge in [0.15, 0.2) is 0 Å². The Hall–Kier alpha value is -3.92. The SMILES string of the molecule is Cc1c(C=NC(=O)Nc2cccc3ccccc23)c(O)[nH]c(=O)c1C#N. The Morgan fingerprint density at radius 2 is 2.00 bits per heavy atom. The molecule has 0 aliphatic rings. The summed E-state index contributed by atoms with van der Waals surface area (Å²) in [6.45, 7) is 1.50. The van der Waals surface area contributed by atoms with Crippen LogP contribution in [0, 0.1) is 18.3 Å². The highest BCUT2D eigenvalue weighted by molar-refractivity contribution is 6.05. The van der Waals surface area contributed by atoms with Gasteiger partial charge in [0.2, 0.25) is 5.88 Å². The minimum Gasteiger partial charge on any atom is -0.494 e. The van der Waals surface area contributed by atoms with E-state index in [1.807, 2.05) is 36.4 Å². The fraction of sp³-hybridized carbons (Fsp3) is 0.0526. The molecule has 0 atom stereocenters. The number of amides is 2. The molecule has 0 aliphatic carbocycles. The van der Waals surface area contributed by atoms with Gasteiger partial charge in [-0.1, -0.05) is 36.4 Å². The molecule has 7 heteroatoms. The van der Waals surface area contributed by atoms with Crippen LogP contribution in [0.5, 0.6) is 5.88 Å². The number of aliphatic imine (C=N–C) groups is 1. The number of aromatic nitrogens is 1. The zero-order chi connectivity index (χ0) is 18.7. The van der Waals surface area contributed by atoms with E-state index in [0.29, 0.717) is 5.69 Å². The maximum Gasteiger partial charge on any atom is 0.345 e. The van der Waals surface area contributed by atoms with E-state index in [-0.39, 0.29) is 16.7 Å². The number of rotatable bonds is 2. The van der Waals surface area contributed by atoms with Gasteiger partial charge in [0.05, 0.1) is 11.3 Å². The van der Waals surface area contributed by atoms with Gasteiger partial charge in [0.1, 0.15) is 11.6 Å². The topological polar surface area (TPSA) is 118 Å². The summed E-state index contributed by atoms with van der Waals surface area (Å²) in [7, 11) is 0. The highest BCUT2D eigenvalue weighted by atomic mass is 16.3. The van der Waals surface area contributed by atoms with E-state index in [9.17, 15) is 14.7 Å². The highest BCUT2D eigenvalue weighted by Crippen LogP contribution is 2.23. The first-order valence-corrected chi connectivity index (χ1v) is 7.70. The number of urea groups is 1. The number of fused-ring (bicyclic) bond motifs is 1. The molecule has 0 saturated carbocycles. The number of carbonyl (C=O) groups is 1. The van der Waals surface area contributed by atoms with Gasteiger partial charge < -0.3 is 10.4 Å². The first-order chi connectivity index (χ1) is 12.5. The smallest absolute Gasteiger partial charge is 0.345 e. The largest absolute Gasteiger partial charge is 0.494 e. The van der Waals surface area contributed by atoms with Crippen molar-refractivity contribution in [2.75, 3.05) is 5.32 Å². The van der Waals surface area contributed by atoms with Crippen molar-refractivity contribution in [3.05, 3.63) is 69.5 Å². The number of hydrogen-bond donors (Lipinski definition) is 3. The van der Waals surface area contributed by atoms with Crippen LogP contribution >= 0.6 is 0 Å². The summed E-state index contributed by atoms with van der Waals surface area (Å²) in [5.41, 5.74) is 0.119. The van der Waals surface area contributed by atoms with Crippen molar-refractivity contribution in [3.8, 4) is 11.9 Å². The lowest BCUT2D eigenvalue weighted by atomic mass is 10.1. The van der Waals surface area contributed by atoms with Crippen LogP contribution < -0.4 is 10.9 Å². The van der Waals surface area contributed by atoms with E-state index in [1.54, 1.807) is 12.1 Å². The monoisotopic (exact) mass is 346 g/mol. The number of H-pyrrole nitrogens is 1. The van der Waals surface area contributed by atoms with Gasteiger partial charge in [0, 0.05) is 11.6 Å². The Bertz CT molecular complexity index is 1130. The van der Waals surface area contributed by atoms with E-state index in [2.05, 4.69) is 15.3 Å². The molecule has 3 aromatic rings. The minimum absolute atomic E-state index is 0.106. The van der Waals surface area contributed by atoms with Crippen LogP contribution in [0.15, 0.2) is 52.3 Å². The second-order valence-electron chi connectivity index (χ2n) is 5.54. The molecule has 0 fully saturated rings. The van der Waals surface area contributed by atoms with Crippen molar-refractivity contribution >= 4 is 28.7 Å². The van der Waals surface area contributed by atoms with E-state index in [0.717, 1.165) is 17.0 Å². The average Bonchev–Trinajstić information content (AvgIpc) is 2.62. The van der Waals surface area contributed by atoms with Crippen molar-refractivity contribution in [2.24, 2.45) is 4.99 Å². The summed E-state index contributed by atoms with van der Waals surface area (Å²) in [4.78, 5) is 29.6. The number of nitriles is 1. The predicted molar refractivity (Wildman–Crippen MR) is 98.7 cm³/mol. The molecular weight excluding hydrogens is 332 g/mol. The van der Waals surface area contributed by atoms with Crippen molar-refractivity contribution in [1.29, 1.82) is 5.26 Å². The Morgan fingerprint density at radius 3 is 2.77 bits per heavy atom. The molecule has 0 bridgehead atoms. The lowest BCUT2D eigenvalue weighted by Gasteiger charge is -2.07. The molecule has 7 nitrogen and oxygen atoms in total. The Kier molecular flexibility index (Phi) is 4.50. The molecule has 0 spiro atoms. The fourth-order valence-electron chi connectivity index (χ4n) is 2.62. The third-order valence-electron chi connectivity index (χ3n) is 3.95. The van der Waals surface area contributed by atoms with Gasteiger partial charge in [-0.25, -0.2) is 9.79 Å². The second kappa shape index (κ2) is 6.91. The van der Waals surface area contributed by atoms with Crippen LogP contribution in [-0.4, -0.2) is 22.3 Å². The molecule has 0 radical (unpaired) electrons. The number of hydrogen-bond acceptors (Lipinski definition) is 4. The van der Waals surface area contributed by atoms with Crippen LogP contribution in [0.4, 0.5) is 10.5 Å². The first-order valence-electron chi connectivity index (χ1n) is 7.70. The van der Waals surface area contributed by atoms with Gasteiger partial charge in [-0.3, -0.25) is 9.78 Å². The molecular formula is C19H14N4O3. The molecule has 0 unspecified atom stereocenters. The number of nitrogens with zero attached hydrogens (tertiary/aromatic N) is 2. The molecule has 128 valence electrons. The molecule has 0 saturated heterocycles. The standard InChI is InChI=1S/C19H14N4O3/c1-11-14(9-20)17(24)23-18(25)15(11)10-21-19(26)22-16-8-4-6-12-5-2-3-7-13(12)16/h2-8,10H,1H3,(H,22,26)(H2,23,24,25). The number of pyridine rings is 1. The van der Waals surface area contributed by atoms with Crippen molar-refractivity contribution in [2.45, 2.75) is 6.92 Å². The third-order valence-corrected chi connectivity index (χ3v) is 3.95. The van der Waals surface area contributed by atoms with Gasteiger partial charge in [-0.05, 0) is 23.9 Å². The number of benzene rings is 2. The lowest BCUT2D eigenvalue weighted by molar-refractivity contribution is 0.259. The van der Waals surface area contributed by atoms with E-state index in [1.165, 1.54) is 6.92 Å². The molecule has 3 rings (SSSR count). The van der Waals surface area contributed by atoms with E-state index >= 15 is 0 Å². The van der Waals surface area contributed by atoms with Gasteiger partial charge in [-0.15, -0.1) is 0 Å². The lowest BCUT2D eigenvalue weighted by Crippen LogP contribution is -2.14. The van der Waals surface area contributed by atoms with Crippen LogP contribution in [-0.2, 0) is 0 Å². The number of nitrogens with one attached hydrogen (secondary N) is 2. The summed E-state index contributed by atoms with van der Waals surface area (Å²) >= 11 is 0. The Morgan fingerprint density at radius 1 is 1.27 bits per heavy atom. The fourth-order valence-corrected chi connectivity index (χ4v) is 2.62. The molecule has 3 N–H and O–H groups in total. The van der Waals surface area contributed by atoms with Crippen LogP contribution in [0.2, 0.25) is 0 Å². The number of aromatic hydroxyl groups is 1. The number of carbonyl (C=O) groups excluding carboxylic acids is 1. The predicted octanol–water partition coefficient (Wildman–Crippen LogP) is 3.06. The molecule has 0 aliphatic heterocycles. The first kappa shape index (κ1) is 16.9.